The zero-order valence-corrected chi connectivity index (χ0v) is 8.93. The van der Waals surface area contributed by atoms with Crippen LogP contribution in [0.15, 0.2) is 12.1 Å². The van der Waals surface area contributed by atoms with Crippen LogP contribution >= 0.6 is 0 Å². The summed E-state index contributed by atoms with van der Waals surface area (Å²) in [7, 11) is 1.35. The lowest BCUT2D eigenvalue weighted by Crippen LogP contribution is -2.10. The standard InChI is InChI=1S/C11H12O5/c1-6(11(14)15)8-4-10(16-2)9(13)3-7(8)5-12/h3-6,13H,1-2H3,(H,14,15). The van der Waals surface area contributed by atoms with Crippen LogP contribution in [0, 0.1) is 0 Å². The highest BCUT2D eigenvalue weighted by Gasteiger charge is 2.19. The Morgan fingerprint density at radius 3 is 2.56 bits per heavy atom. The zero-order valence-electron chi connectivity index (χ0n) is 8.93. The average Bonchev–Trinajstić information content (AvgIpc) is 2.27. The first-order valence-corrected chi connectivity index (χ1v) is 4.60. The van der Waals surface area contributed by atoms with Gasteiger partial charge in [-0.1, -0.05) is 0 Å². The molecule has 0 radical (unpaired) electrons. The minimum absolute atomic E-state index is 0.146. The number of methoxy groups -OCH3 is 1. The average molecular weight is 224 g/mol. The molecular formula is C11H12O5. The van der Waals surface area contributed by atoms with Gasteiger partial charge in [-0.2, -0.15) is 0 Å². The molecule has 2 N–H and O–H groups in total. The second kappa shape index (κ2) is 4.65. The van der Waals surface area contributed by atoms with E-state index < -0.39 is 11.9 Å². The second-order valence-corrected chi connectivity index (χ2v) is 3.33. The van der Waals surface area contributed by atoms with Gasteiger partial charge in [0.05, 0.1) is 13.0 Å². The summed E-state index contributed by atoms with van der Waals surface area (Å²) in [4.78, 5) is 21.6. The summed E-state index contributed by atoms with van der Waals surface area (Å²) in [6, 6.07) is 2.55. The van der Waals surface area contributed by atoms with Crippen molar-refractivity contribution < 1.29 is 24.5 Å². The number of carboxylic acids is 1. The highest BCUT2D eigenvalue weighted by molar-refractivity contribution is 5.85. The van der Waals surface area contributed by atoms with Crippen molar-refractivity contribution in [2.24, 2.45) is 0 Å². The molecule has 1 aromatic rings. The number of carboxylic acid groups (broad SMARTS) is 1. The lowest BCUT2D eigenvalue weighted by molar-refractivity contribution is -0.138. The highest BCUT2D eigenvalue weighted by Crippen LogP contribution is 2.32. The third-order valence-electron chi connectivity index (χ3n) is 2.35. The molecule has 0 amide bonds. The first kappa shape index (κ1) is 12.0. The number of aldehydes is 1. The fourth-order valence-corrected chi connectivity index (χ4v) is 1.37. The molecule has 0 heterocycles. The topological polar surface area (TPSA) is 83.8 Å². The number of benzene rings is 1. The van der Waals surface area contributed by atoms with Gasteiger partial charge in [-0.15, -0.1) is 0 Å². The third kappa shape index (κ3) is 2.13. The van der Waals surface area contributed by atoms with Crippen molar-refractivity contribution in [3.05, 3.63) is 23.3 Å². The summed E-state index contributed by atoms with van der Waals surface area (Å²) in [5, 5.41) is 18.3. The minimum atomic E-state index is -1.05. The first-order chi connectivity index (χ1) is 7.51. The van der Waals surface area contributed by atoms with Gasteiger partial charge in [-0.05, 0) is 24.6 Å². The van der Waals surface area contributed by atoms with Gasteiger partial charge in [-0.25, -0.2) is 0 Å². The van der Waals surface area contributed by atoms with E-state index in [1.54, 1.807) is 0 Å². The second-order valence-electron chi connectivity index (χ2n) is 3.33. The smallest absolute Gasteiger partial charge is 0.310 e. The van der Waals surface area contributed by atoms with Gasteiger partial charge in [0, 0.05) is 5.56 Å². The molecule has 0 saturated heterocycles. The molecule has 5 heteroatoms. The van der Waals surface area contributed by atoms with E-state index in [2.05, 4.69) is 0 Å². The Balaban J connectivity index is 3.35. The van der Waals surface area contributed by atoms with Crippen molar-refractivity contribution in [1.82, 2.24) is 0 Å². The largest absolute Gasteiger partial charge is 0.504 e. The van der Waals surface area contributed by atoms with Crippen molar-refractivity contribution in [2.75, 3.05) is 7.11 Å². The van der Waals surface area contributed by atoms with Gasteiger partial charge in [0.1, 0.15) is 6.29 Å². The molecule has 0 aliphatic carbocycles. The highest BCUT2D eigenvalue weighted by atomic mass is 16.5. The SMILES string of the molecule is COc1cc(C(C)C(=O)O)c(C=O)cc1O. The van der Waals surface area contributed by atoms with E-state index >= 15 is 0 Å². The minimum Gasteiger partial charge on any atom is -0.504 e. The molecule has 1 unspecified atom stereocenters. The van der Waals surface area contributed by atoms with Crippen molar-refractivity contribution in [2.45, 2.75) is 12.8 Å². The molecule has 16 heavy (non-hydrogen) atoms. The molecule has 1 aromatic carbocycles. The molecule has 0 saturated carbocycles. The fraction of sp³-hybridized carbons (Fsp3) is 0.273. The molecule has 0 fully saturated rings. The number of aromatic hydroxyl groups is 1. The fourth-order valence-electron chi connectivity index (χ4n) is 1.37. The molecule has 1 rings (SSSR count). The van der Waals surface area contributed by atoms with Gasteiger partial charge in [0.2, 0.25) is 0 Å². The number of rotatable bonds is 4. The predicted molar refractivity (Wildman–Crippen MR) is 56.1 cm³/mol. The Morgan fingerprint density at radius 1 is 1.50 bits per heavy atom. The third-order valence-corrected chi connectivity index (χ3v) is 2.35. The lowest BCUT2D eigenvalue weighted by Gasteiger charge is -2.12. The molecule has 5 nitrogen and oxygen atoms in total. The predicted octanol–water partition coefficient (Wildman–Crippen LogP) is 1.40. The summed E-state index contributed by atoms with van der Waals surface area (Å²) in [5.41, 5.74) is 0.463. The van der Waals surface area contributed by atoms with Gasteiger partial charge in [0.15, 0.2) is 11.5 Å². The summed E-state index contributed by atoms with van der Waals surface area (Å²) >= 11 is 0. The van der Waals surface area contributed by atoms with Gasteiger partial charge in [-0.3, -0.25) is 9.59 Å². The molecule has 86 valence electrons. The molecule has 0 bridgehead atoms. The van der Waals surface area contributed by atoms with Gasteiger partial charge in [0.25, 0.3) is 0 Å². The monoisotopic (exact) mass is 224 g/mol. The summed E-state index contributed by atoms with van der Waals surface area (Å²) < 4.78 is 4.86. The molecule has 0 aromatic heterocycles. The first-order valence-electron chi connectivity index (χ1n) is 4.60. The number of carbonyl (C=O) groups excluding carboxylic acids is 1. The van der Waals surface area contributed by atoms with Crippen molar-refractivity contribution in [3.63, 3.8) is 0 Å². The van der Waals surface area contributed by atoms with Crippen LogP contribution in [0.1, 0.15) is 28.8 Å². The van der Waals surface area contributed by atoms with Gasteiger partial charge < -0.3 is 14.9 Å². The summed E-state index contributed by atoms with van der Waals surface area (Å²) in [6.07, 6.45) is 0.508. The van der Waals surface area contributed by atoms with E-state index in [-0.39, 0.29) is 17.1 Å². The van der Waals surface area contributed by atoms with Crippen LogP contribution in [-0.2, 0) is 4.79 Å². The van der Waals surface area contributed by atoms with Crippen molar-refractivity contribution >= 4 is 12.3 Å². The molecule has 1 atom stereocenters. The maximum absolute atomic E-state index is 10.8. The van der Waals surface area contributed by atoms with Crippen LogP contribution in [0.2, 0.25) is 0 Å². The number of phenols is 1. The maximum atomic E-state index is 10.8. The number of hydrogen-bond donors (Lipinski definition) is 2. The maximum Gasteiger partial charge on any atom is 0.310 e. The van der Waals surface area contributed by atoms with Crippen LogP contribution in [0.5, 0.6) is 11.5 Å². The van der Waals surface area contributed by atoms with Gasteiger partial charge >= 0.3 is 5.97 Å². The lowest BCUT2D eigenvalue weighted by atomic mass is 9.95. The normalized spacial score (nSPS) is 11.9. The van der Waals surface area contributed by atoms with Crippen LogP contribution in [0.3, 0.4) is 0 Å². The Bertz CT molecular complexity index is 425. The van der Waals surface area contributed by atoms with E-state index in [9.17, 15) is 14.7 Å². The van der Waals surface area contributed by atoms with E-state index in [4.69, 9.17) is 9.84 Å². The van der Waals surface area contributed by atoms with Crippen molar-refractivity contribution in [1.29, 1.82) is 0 Å². The van der Waals surface area contributed by atoms with Crippen LogP contribution in [0.4, 0.5) is 0 Å². The number of ether oxygens (including phenoxy) is 1. The Morgan fingerprint density at radius 2 is 2.12 bits per heavy atom. The zero-order chi connectivity index (χ0) is 12.3. The van der Waals surface area contributed by atoms with E-state index in [0.717, 1.165) is 0 Å². The number of carbonyl (C=O) groups is 2. The van der Waals surface area contributed by atoms with Crippen LogP contribution < -0.4 is 4.74 Å². The molecule has 0 aliphatic heterocycles. The quantitative estimate of drug-likeness (QED) is 0.755. The Kier molecular flexibility index (Phi) is 3.50. The van der Waals surface area contributed by atoms with E-state index in [0.29, 0.717) is 11.8 Å². The van der Waals surface area contributed by atoms with E-state index in [1.807, 2.05) is 0 Å². The van der Waals surface area contributed by atoms with Crippen LogP contribution in [-0.4, -0.2) is 29.6 Å². The molecule has 0 spiro atoms. The van der Waals surface area contributed by atoms with Crippen molar-refractivity contribution in [3.8, 4) is 11.5 Å². The Labute approximate surface area is 92.3 Å². The van der Waals surface area contributed by atoms with Crippen LogP contribution in [0.25, 0.3) is 0 Å². The number of phenolic OH excluding ortho intramolecular Hbond substituents is 1. The Hall–Kier alpha value is -2.04. The van der Waals surface area contributed by atoms with E-state index in [1.165, 1.54) is 26.2 Å². The number of aliphatic carboxylic acids is 1. The molecule has 0 aliphatic rings. The summed E-state index contributed by atoms with van der Waals surface area (Å²) in [6.45, 7) is 1.46. The molecular weight excluding hydrogens is 212 g/mol. The summed E-state index contributed by atoms with van der Waals surface area (Å²) in [5.74, 6) is -1.93. The number of hydrogen-bond acceptors (Lipinski definition) is 4.